The first-order valence-corrected chi connectivity index (χ1v) is 11.9. The lowest BCUT2D eigenvalue weighted by Crippen LogP contribution is -2.31. The minimum atomic E-state index is -0.606. The van der Waals surface area contributed by atoms with Crippen LogP contribution in [0.2, 0.25) is 0 Å². The highest BCUT2D eigenvalue weighted by Gasteiger charge is 2.40. The van der Waals surface area contributed by atoms with Crippen LogP contribution in [0.3, 0.4) is 0 Å². The Kier molecular flexibility index (Phi) is 7.46. The maximum Gasteiger partial charge on any atom is 0.338 e. The molecule has 1 N–H and O–H groups in total. The monoisotopic (exact) mass is 601 g/mol. The van der Waals surface area contributed by atoms with Gasteiger partial charge in [-0.25, -0.2) is 24.6 Å². The van der Waals surface area contributed by atoms with Crippen molar-refractivity contribution in [2.45, 2.75) is 24.9 Å². The van der Waals surface area contributed by atoms with E-state index < -0.39 is 24.4 Å². The number of imidazole rings is 1. The van der Waals surface area contributed by atoms with Gasteiger partial charge in [0, 0.05) is 12.0 Å². The molecular weight excluding hydrogens is 581 g/mol. The molecule has 5 rings (SSSR count). The summed E-state index contributed by atoms with van der Waals surface area (Å²) in [6.07, 6.45) is 1.47. The third kappa shape index (κ3) is 5.21. The van der Waals surface area contributed by atoms with Gasteiger partial charge in [0.2, 0.25) is 0 Å². The molecular formula is C24H20IN5O6. The Morgan fingerprint density at radius 1 is 1.03 bits per heavy atom. The van der Waals surface area contributed by atoms with Crippen LogP contribution < -0.4 is 5.32 Å². The number of aromatic nitrogens is 4. The summed E-state index contributed by atoms with van der Waals surface area (Å²) in [6.45, 7) is 0.0478. The first-order valence-electron chi connectivity index (χ1n) is 11.0. The molecule has 3 atom stereocenters. The zero-order valence-electron chi connectivity index (χ0n) is 18.7. The van der Waals surface area contributed by atoms with Crippen LogP contribution in [0.15, 0.2) is 73.3 Å². The van der Waals surface area contributed by atoms with Gasteiger partial charge in [-0.2, -0.15) is 3.22 Å². The van der Waals surface area contributed by atoms with Gasteiger partial charge in [0.1, 0.15) is 31.4 Å². The number of carbonyl (C=O) groups is 2. The van der Waals surface area contributed by atoms with E-state index in [2.05, 4.69) is 20.3 Å². The van der Waals surface area contributed by atoms with Crippen LogP contribution in [-0.4, -0.2) is 50.2 Å². The Bertz CT molecular complexity index is 1350. The molecule has 2 aromatic carbocycles. The molecule has 0 saturated carbocycles. The van der Waals surface area contributed by atoms with Crippen LogP contribution in [0.1, 0.15) is 33.4 Å². The molecule has 0 spiro atoms. The zero-order valence-corrected chi connectivity index (χ0v) is 20.8. The van der Waals surface area contributed by atoms with E-state index in [0.717, 1.165) is 0 Å². The number of anilines is 1. The molecule has 3 unspecified atom stereocenters. The van der Waals surface area contributed by atoms with Crippen LogP contribution in [0, 0.1) is 0 Å². The summed E-state index contributed by atoms with van der Waals surface area (Å²) >= 11 is 1.61. The summed E-state index contributed by atoms with van der Waals surface area (Å²) in [5, 5.41) is 2.78. The number of benzene rings is 2. The maximum atomic E-state index is 12.7. The van der Waals surface area contributed by atoms with Gasteiger partial charge in [0.25, 0.3) is 5.91 Å². The average Bonchev–Trinajstić information content (AvgIpc) is 3.53. The lowest BCUT2D eigenvalue weighted by Gasteiger charge is -2.17. The predicted octanol–water partition coefficient (Wildman–Crippen LogP) is 3.89. The van der Waals surface area contributed by atoms with E-state index in [1.165, 1.54) is 6.33 Å². The van der Waals surface area contributed by atoms with Crippen molar-refractivity contribution in [3.63, 3.8) is 0 Å². The second kappa shape index (κ2) is 11.1. The Labute approximate surface area is 219 Å². The number of hydrogen-bond acceptors (Lipinski definition) is 9. The van der Waals surface area contributed by atoms with E-state index in [9.17, 15) is 9.59 Å². The Hall–Kier alpha value is -3.46. The van der Waals surface area contributed by atoms with E-state index in [0.29, 0.717) is 28.7 Å². The molecule has 4 aromatic rings. The maximum absolute atomic E-state index is 12.7. The second-order valence-electron chi connectivity index (χ2n) is 7.89. The summed E-state index contributed by atoms with van der Waals surface area (Å²) in [5.41, 5.74) is 1.79. The minimum absolute atomic E-state index is 0.0478. The molecule has 1 saturated heterocycles. The largest absolute Gasteiger partial charge is 0.456 e. The van der Waals surface area contributed by atoms with Crippen LogP contribution in [0.5, 0.6) is 0 Å². The third-order valence-corrected chi connectivity index (χ3v) is 5.92. The number of hydrogen-bond donors (Lipinski definition) is 1. The van der Waals surface area contributed by atoms with Gasteiger partial charge in [-0.1, -0.05) is 36.4 Å². The van der Waals surface area contributed by atoms with Gasteiger partial charge >= 0.3 is 5.97 Å². The Morgan fingerprint density at radius 2 is 1.75 bits per heavy atom. The third-order valence-electron chi connectivity index (χ3n) is 5.66. The fourth-order valence-electron chi connectivity index (χ4n) is 3.94. The molecule has 1 fully saturated rings. The molecule has 1 aliphatic rings. The van der Waals surface area contributed by atoms with Gasteiger partial charge in [-0.15, -0.1) is 0 Å². The van der Waals surface area contributed by atoms with Gasteiger partial charge in [0.05, 0.1) is 11.9 Å². The topological polar surface area (TPSA) is 127 Å². The number of carbonyl (C=O) groups excluding carboxylic acids is 2. The van der Waals surface area contributed by atoms with Crippen molar-refractivity contribution in [2.24, 2.45) is 0 Å². The summed E-state index contributed by atoms with van der Waals surface area (Å²) in [5.74, 6) is -0.504. The van der Waals surface area contributed by atoms with Crippen molar-refractivity contribution in [3.05, 3.63) is 84.4 Å². The fourth-order valence-corrected chi connectivity index (χ4v) is 4.09. The molecule has 1 amide bonds. The van der Waals surface area contributed by atoms with Gasteiger partial charge < -0.3 is 14.8 Å². The van der Waals surface area contributed by atoms with Crippen LogP contribution in [0.25, 0.3) is 11.2 Å². The Morgan fingerprint density at radius 3 is 2.47 bits per heavy atom. The van der Waals surface area contributed by atoms with Crippen molar-refractivity contribution in [1.29, 1.82) is 0 Å². The number of fused-ring (bicyclic) bond motifs is 1. The van der Waals surface area contributed by atoms with Crippen molar-refractivity contribution < 1.29 is 27.2 Å². The highest BCUT2D eigenvalue weighted by molar-refractivity contribution is 14.1. The molecule has 184 valence electrons. The molecule has 11 nitrogen and oxygen atoms in total. The average molecular weight is 601 g/mol. The van der Waals surface area contributed by atoms with Gasteiger partial charge in [-0.3, -0.25) is 9.36 Å². The number of nitrogens with zero attached hydrogens (tertiary/aromatic N) is 4. The zero-order chi connectivity index (χ0) is 24.9. The molecule has 2 aromatic heterocycles. The van der Waals surface area contributed by atoms with Crippen molar-refractivity contribution in [1.82, 2.24) is 19.5 Å². The van der Waals surface area contributed by atoms with E-state index in [4.69, 9.17) is 17.6 Å². The number of esters is 1. The highest BCUT2D eigenvalue weighted by Crippen LogP contribution is 2.34. The van der Waals surface area contributed by atoms with Crippen molar-refractivity contribution in [2.75, 3.05) is 11.9 Å². The van der Waals surface area contributed by atoms with E-state index in [-0.39, 0.29) is 18.3 Å². The Balaban J connectivity index is 1.36. The molecule has 3 heterocycles. The highest BCUT2D eigenvalue weighted by atomic mass is 127. The molecule has 36 heavy (non-hydrogen) atoms. The van der Waals surface area contributed by atoms with Crippen LogP contribution in [0.4, 0.5) is 5.82 Å². The lowest BCUT2D eigenvalue weighted by molar-refractivity contribution is -0.201. The van der Waals surface area contributed by atoms with Gasteiger partial charge in [-0.05, 0) is 24.3 Å². The lowest BCUT2D eigenvalue weighted by atomic mass is 10.1. The van der Waals surface area contributed by atoms with Gasteiger partial charge in [0.15, 0.2) is 40.0 Å². The van der Waals surface area contributed by atoms with Crippen LogP contribution >= 0.6 is 23.0 Å². The first-order chi connectivity index (χ1) is 17.6. The van der Waals surface area contributed by atoms with Crippen molar-refractivity contribution >= 4 is 51.9 Å². The SMILES string of the molecule is O=C(Nc1ncnc2c1ncn2C1CC(OC(=O)c2ccccc2)C(COOI)O1)c1ccccc1. The number of ether oxygens (including phenoxy) is 2. The predicted molar refractivity (Wildman–Crippen MR) is 135 cm³/mol. The molecule has 0 aliphatic carbocycles. The first kappa shape index (κ1) is 24.2. The smallest absolute Gasteiger partial charge is 0.338 e. The fraction of sp³-hybridized carbons (Fsp3) is 0.208. The number of amides is 1. The van der Waals surface area contributed by atoms with Crippen LogP contribution in [-0.2, 0) is 17.6 Å². The second-order valence-corrected chi connectivity index (χ2v) is 8.25. The quantitative estimate of drug-likeness (QED) is 0.139. The number of halogens is 1. The summed E-state index contributed by atoms with van der Waals surface area (Å²) in [7, 11) is 0. The van der Waals surface area contributed by atoms with Crippen molar-refractivity contribution in [3.8, 4) is 0 Å². The molecule has 0 bridgehead atoms. The molecule has 0 radical (unpaired) electrons. The molecule has 12 heteroatoms. The summed E-state index contributed by atoms with van der Waals surface area (Å²) in [4.78, 5) is 43.3. The standard InChI is InChI=1S/C24H20IN5O6/c25-36-33-12-18-17(35-24(32)16-9-5-2-6-10-16)11-19(34-18)30-14-28-20-21(26-13-27-22(20)30)29-23(31)15-7-3-1-4-8-15/h1-10,13-14,17-19H,11-12H2,(H,26,27,29,31). The van der Waals surface area contributed by atoms with E-state index in [1.54, 1.807) is 82.4 Å². The minimum Gasteiger partial charge on any atom is -0.456 e. The number of nitrogens with one attached hydrogen (secondary N) is 1. The van der Waals surface area contributed by atoms with E-state index >= 15 is 0 Å². The summed E-state index contributed by atoms with van der Waals surface area (Å²) < 4.78 is 18.3. The van der Waals surface area contributed by atoms with E-state index in [1.807, 2.05) is 12.1 Å². The normalized spacial score (nSPS) is 19.3. The molecule has 1 aliphatic heterocycles. The summed E-state index contributed by atoms with van der Waals surface area (Å²) in [6, 6.07) is 17.5. The number of rotatable bonds is 8.